The van der Waals surface area contributed by atoms with Crippen molar-refractivity contribution in [1.29, 1.82) is 0 Å². The first-order chi connectivity index (χ1) is 10.3. The highest BCUT2D eigenvalue weighted by molar-refractivity contribution is 14.0. The summed E-state index contributed by atoms with van der Waals surface area (Å²) in [5.74, 6) is 0.837. The Morgan fingerprint density at radius 2 is 1.95 bits per heavy atom. The Kier molecular flexibility index (Phi) is 9.42. The van der Waals surface area contributed by atoms with E-state index in [2.05, 4.69) is 44.8 Å². The van der Waals surface area contributed by atoms with E-state index in [1.807, 2.05) is 0 Å². The number of methoxy groups -OCH3 is 1. The van der Waals surface area contributed by atoms with Crippen molar-refractivity contribution < 1.29 is 4.74 Å². The summed E-state index contributed by atoms with van der Waals surface area (Å²) in [5, 5.41) is 6.56. The number of ether oxygens (including phenoxy) is 1. The van der Waals surface area contributed by atoms with E-state index in [1.165, 1.54) is 11.1 Å². The van der Waals surface area contributed by atoms with Gasteiger partial charge in [0.1, 0.15) is 0 Å². The summed E-state index contributed by atoms with van der Waals surface area (Å²) in [6.07, 6.45) is 1.15. The van der Waals surface area contributed by atoms with Gasteiger partial charge in [-0.05, 0) is 17.5 Å². The van der Waals surface area contributed by atoms with Gasteiger partial charge < -0.3 is 15.4 Å². The minimum atomic E-state index is 0. The highest BCUT2D eigenvalue weighted by Gasteiger charge is 2.14. The first-order valence-electron chi connectivity index (χ1n) is 7.56. The number of hydrogen-bond acceptors (Lipinski definition) is 3. The van der Waals surface area contributed by atoms with Crippen LogP contribution in [0.1, 0.15) is 11.1 Å². The molecule has 0 spiro atoms. The second kappa shape index (κ2) is 10.8. The molecule has 1 heterocycles. The lowest BCUT2D eigenvalue weighted by Gasteiger charge is -2.28. The summed E-state index contributed by atoms with van der Waals surface area (Å²) in [6.45, 7) is 5.56. The number of halogens is 1. The molecule has 0 aromatic heterocycles. The second-order valence-electron chi connectivity index (χ2n) is 5.21. The fourth-order valence-corrected chi connectivity index (χ4v) is 2.57. The van der Waals surface area contributed by atoms with Crippen molar-refractivity contribution in [3.63, 3.8) is 0 Å². The molecule has 0 radical (unpaired) electrons. The third-order valence-corrected chi connectivity index (χ3v) is 3.75. The van der Waals surface area contributed by atoms with Crippen LogP contribution in [0.3, 0.4) is 0 Å². The molecule has 1 aliphatic heterocycles. The largest absolute Gasteiger partial charge is 0.383 e. The third kappa shape index (κ3) is 6.10. The van der Waals surface area contributed by atoms with Crippen LogP contribution in [0.15, 0.2) is 29.3 Å². The number of guanidine groups is 1. The molecule has 124 valence electrons. The molecule has 0 fully saturated rings. The maximum absolute atomic E-state index is 5.02. The molecular weight excluding hydrogens is 391 g/mol. The van der Waals surface area contributed by atoms with Gasteiger partial charge in [-0.15, -0.1) is 24.0 Å². The number of nitrogens with zero attached hydrogens (tertiary/aromatic N) is 2. The Hall–Kier alpha value is -0.860. The molecule has 1 aromatic carbocycles. The van der Waals surface area contributed by atoms with Gasteiger partial charge in [-0.1, -0.05) is 24.3 Å². The quantitative estimate of drug-likeness (QED) is 0.318. The van der Waals surface area contributed by atoms with Crippen LogP contribution in [0.25, 0.3) is 0 Å². The molecule has 1 aliphatic rings. The zero-order valence-corrected chi connectivity index (χ0v) is 15.8. The van der Waals surface area contributed by atoms with Gasteiger partial charge in [0.2, 0.25) is 0 Å². The van der Waals surface area contributed by atoms with Gasteiger partial charge in [0.15, 0.2) is 5.96 Å². The first-order valence-corrected chi connectivity index (χ1v) is 7.56. The van der Waals surface area contributed by atoms with Crippen LogP contribution in [0.2, 0.25) is 0 Å². The van der Waals surface area contributed by atoms with E-state index < -0.39 is 0 Å². The summed E-state index contributed by atoms with van der Waals surface area (Å²) < 4.78 is 5.02. The van der Waals surface area contributed by atoms with Crippen LogP contribution < -0.4 is 10.6 Å². The van der Waals surface area contributed by atoms with Crippen LogP contribution in [0, 0.1) is 0 Å². The lowest BCUT2D eigenvalue weighted by molar-refractivity contribution is 0.203. The van der Waals surface area contributed by atoms with Crippen molar-refractivity contribution in [3.8, 4) is 0 Å². The van der Waals surface area contributed by atoms with Crippen LogP contribution >= 0.6 is 24.0 Å². The van der Waals surface area contributed by atoms with E-state index in [0.29, 0.717) is 6.61 Å². The van der Waals surface area contributed by atoms with E-state index in [9.17, 15) is 0 Å². The molecule has 22 heavy (non-hydrogen) atoms. The highest BCUT2D eigenvalue weighted by atomic mass is 127. The van der Waals surface area contributed by atoms with Crippen molar-refractivity contribution in [2.75, 3.05) is 46.9 Å². The molecule has 0 aliphatic carbocycles. The van der Waals surface area contributed by atoms with E-state index in [1.54, 1.807) is 14.2 Å². The minimum absolute atomic E-state index is 0. The molecule has 0 atom stereocenters. The van der Waals surface area contributed by atoms with Crippen molar-refractivity contribution in [2.45, 2.75) is 13.0 Å². The van der Waals surface area contributed by atoms with Gasteiger partial charge in [0, 0.05) is 46.9 Å². The monoisotopic (exact) mass is 418 g/mol. The molecular formula is C16H27IN4O. The number of benzene rings is 1. The maximum Gasteiger partial charge on any atom is 0.191 e. The molecule has 2 N–H and O–H groups in total. The fraction of sp³-hybridized carbons (Fsp3) is 0.562. The number of hydrogen-bond donors (Lipinski definition) is 2. The Balaban J connectivity index is 0.00000242. The Morgan fingerprint density at radius 3 is 2.68 bits per heavy atom. The molecule has 0 unspecified atom stereocenters. The Morgan fingerprint density at radius 1 is 1.23 bits per heavy atom. The summed E-state index contributed by atoms with van der Waals surface area (Å²) in [5.41, 5.74) is 2.96. The molecule has 0 bridgehead atoms. The van der Waals surface area contributed by atoms with Gasteiger partial charge in [-0.2, -0.15) is 0 Å². The summed E-state index contributed by atoms with van der Waals surface area (Å²) in [7, 11) is 3.49. The van der Waals surface area contributed by atoms with Crippen LogP contribution in [0.5, 0.6) is 0 Å². The van der Waals surface area contributed by atoms with Gasteiger partial charge >= 0.3 is 0 Å². The van der Waals surface area contributed by atoms with Crippen LogP contribution in [0.4, 0.5) is 0 Å². The predicted molar refractivity (Wildman–Crippen MR) is 102 cm³/mol. The molecule has 0 saturated heterocycles. The van der Waals surface area contributed by atoms with E-state index in [-0.39, 0.29) is 24.0 Å². The fourth-order valence-electron chi connectivity index (χ4n) is 2.57. The average Bonchev–Trinajstić information content (AvgIpc) is 2.53. The van der Waals surface area contributed by atoms with Crippen molar-refractivity contribution >= 4 is 29.9 Å². The minimum Gasteiger partial charge on any atom is -0.383 e. The first kappa shape index (κ1) is 19.2. The van der Waals surface area contributed by atoms with Crippen molar-refractivity contribution in [1.82, 2.24) is 15.5 Å². The Labute approximate surface area is 150 Å². The van der Waals surface area contributed by atoms with Crippen molar-refractivity contribution in [2.24, 2.45) is 4.99 Å². The van der Waals surface area contributed by atoms with Crippen molar-refractivity contribution in [3.05, 3.63) is 35.4 Å². The zero-order valence-electron chi connectivity index (χ0n) is 13.5. The second-order valence-corrected chi connectivity index (χ2v) is 5.21. The van der Waals surface area contributed by atoms with Gasteiger partial charge in [-0.25, -0.2) is 0 Å². The number of aliphatic imine (C=N–C) groups is 1. The molecule has 6 heteroatoms. The standard InChI is InChI=1S/C16H26N4O.HI/c1-17-16(19-9-12-21-2)18-8-11-20-10-7-14-5-3-4-6-15(14)13-20;/h3-6H,7-13H2,1-2H3,(H2,17,18,19);1H. The number of fused-ring (bicyclic) bond motifs is 1. The number of rotatable bonds is 6. The molecule has 0 saturated carbocycles. The normalized spacial score (nSPS) is 14.9. The van der Waals surface area contributed by atoms with E-state index in [0.717, 1.165) is 45.1 Å². The SMILES string of the molecule is CN=C(NCCOC)NCCN1CCc2ccccc2C1.I. The summed E-state index contributed by atoms with van der Waals surface area (Å²) in [6, 6.07) is 8.74. The summed E-state index contributed by atoms with van der Waals surface area (Å²) in [4.78, 5) is 6.68. The maximum atomic E-state index is 5.02. The lowest BCUT2D eigenvalue weighted by atomic mass is 10.00. The lowest BCUT2D eigenvalue weighted by Crippen LogP contribution is -2.43. The average molecular weight is 418 g/mol. The zero-order chi connectivity index (χ0) is 14.9. The van der Waals surface area contributed by atoms with E-state index in [4.69, 9.17) is 4.74 Å². The van der Waals surface area contributed by atoms with Crippen LogP contribution in [-0.4, -0.2) is 57.8 Å². The third-order valence-electron chi connectivity index (χ3n) is 3.75. The van der Waals surface area contributed by atoms with Crippen LogP contribution in [-0.2, 0) is 17.7 Å². The summed E-state index contributed by atoms with van der Waals surface area (Å²) >= 11 is 0. The number of nitrogens with one attached hydrogen (secondary N) is 2. The predicted octanol–water partition coefficient (Wildman–Crippen LogP) is 1.47. The molecule has 1 aromatic rings. The van der Waals surface area contributed by atoms with Gasteiger partial charge in [0.05, 0.1) is 6.61 Å². The van der Waals surface area contributed by atoms with Gasteiger partial charge in [0.25, 0.3) is 0 Å². The highest BCUT2D eigenvalue weighted by Crippen LogP contribution is 2.17. The van der Waals surface area contributed by atoms with Gasteiger partial charge in [-0.3, -0.25) is 9.89 Å². The molecule has 0 amide bonds. The topological polar surface area (TPSA) is 48.9 Å². The smallest absolute Gasteiger partial charge is 0.191 e. The molecule has 2 rings (SSSR count). The van der Waals surface area contributed by atoms with E-state index >= 15 is 0 Å². The molecule has 5 nitrogen and oxygen atoms in total. The Bertz CT molecular complexity index is 467.